The molecule has 0 fully saturated rings. The van der Waals surface area contributed by atoms with Crippen LogP contribution in [0.2, 0.25) is 0 Å². The second kappa shape index (κ2) is 17.5. The summed E-state index contributed by atoms with van der Waals surface area (Å²) >= 11 is 1.55. The topological polar surface area (TPSA) is 74.3 Å². The number of carbonyl (C=O) groups is 2. The maximum Gasteiger partial charge on any atom is 0.335 e. The smallest absolute Gasteiger partial charge is 0.335 e. The first-order valence-corrected chi connectivity index (χ1v) is 13.7. The van der Waals surface area contributed by atoms with Crippen LogP contribution in [0.5, 0.6) is 11.5 Å². The number of unbranched alkanes of at least 4 members (excludes halogenated alkanes) is 1. The molecule has 0 aromatic heterocycles. The standard InChI is InChI=1S/C29H39NO6S/c1-5-37-22-28(31)30(17-16-23-14-15-26(33-2)27(19-23)34-3)20-25(29(32)35-4)13-9-10-18-36-21-24-11-7-6-8-12-24/h6-8,11-12,14-15,19-20H,5,9-10,13,16-18,21-22H2,1-4H3/b25-20+. The van der Waals surface area contributed by atoms with Crippen LogP contribution in [0.15, 0.2) is 60.3 Å². The van der Waals surface area contributed by atoms with Gasteiger partial charge in [0.15, 0.2) is 11.5 Å². The van der Waals surface area contributed by atoms with Crippen molar-refractivity contribution < 1.29 is 28.5 Å². The van der Waals surface area contributed by atoms with Crippen LogP contribution < -0.4 is 9.47 Å². The zero-order valence-corrected chi connectivity index (χ0v) is 23.2. The largest absolute Gasteiger partial charge is 0.493 e. The van der Waals surface area contributed by atoms with Crippen molar-refractivity contribution in [3.05, 3.63) is 71.4 Å². The lowest BCUT2D eigenvalue weighted by molar-refractivity contribution is -0.136. The van der Waals surface area contributed by atoms with E-state index in [-0.39, 0.29) is 5.91 Å². The molecule has 0 unspecified atom stereocenters. The molecule has 0 heterocycles. The molecule has 0 saturated heterocycles. The van der Waals surface area contributed by atoms with Gasteiger partial charge in [0.1, 0.15) is 0 Å². The molecule has 0 bridgehead atoms. The van der Waals surface area contributed by atoms with E-state index in [9.17, 15) is 9.59 Å². The average molecular weight is 530 g/mol. The lowest BCUT2D eigenvalue weighted by Gasteiger charge is -2.20. The molecule has 0 saturated carbocycles. The lowest BCUT2D eigenvalue weighted by Crippen LogP contribution is -2.31. The van der Waals surface area contributed by atoms with Crippen LogP contribution in [-0.2, 0) is 32.1 Å². The molecule has 0 spiro atoms. The van der Waals surface area contributed by atoms with Crippen molar-refractivity contribution in [3.8, 4) is 11.5 Å². The van der Waals surface area contributed by atoms with Gasteiger partial charge in [-0.2, -0.15) is 11.8 Å². The SMILES string of the molecule is CCSCC(=O)N(/C=C(\CCCCOCc1ccccc1)C(=O)OC)CCc1ccc(OC)c(OC)c1. The van der Waals surface area contributed by atoms with Gasteiger partial charge in [-0.25, -0.2) is 4.79 Å². The minimum absolute atomic E-state index is 0.0417. The molecular weight excluding hydrogens is 490 g/mol. The van der Waals surface area contributed by atoms with Crippen LogP contribution in [0.1, 0.15) is 37.3 Å². The Hall–Kier alpha value is -2.97. The molecule has 2 rings (SSSR count). The summed E-state index contributed by atoms with van der Waals surface area (Å²) in [7, 11) is 4.55. The van der Waals surface area contributed by atoms with Crippen LogP contribution >= 0.6 is 11.8 Å². The summed E-state index contributed by atoms with van der Waals surface area (Å²) in [5, 5.41) is 0. The Balaban J connectivity index is 2.02. The quantitative estimate of drug-likeness (QED) is 0.157. The summed E-state index contributed by atoms with van der Waals surface area (Å²) in [4.78, 5) is 27.1. The predicted molar refractivity (Wildman–Crippen MR) is 148 cm³/mol. The Bertz CT molecular complexity index is 995. The molecule has 0 radical (unpaired) electrons. The van der Waals surface area contributed by atoms with E-state index < -0.39 is 5.97 Å². The first-order chi connectivity index (χ1) is 18.0. The summed E-state index contributed by atoms with van der Waals surface area (Å²) < 4.78 is 21.5. The first kappa shape index (κ1) is 30.3. The van der Waals surface area contributed by atoms with Gasteiger partial charge in [0.25, 0.3) is 0 Å². The van der Waals surface area contributed by atoms with E-state index in [1.165, 1.54) is 7.11 Å². The Morgan fingerprint density at radius 2 is 1.70 bits per heavy atom. The minimum atomic E-state index is -0.419. The second-order valence-electron chi connectivity index (χ2n) is 8.30. The zero-order valence-electron chi connectivity index (χ0n) is 22.4. The number of methoxy groups -OCH3 is 3. The summed E-state index contributed by atoms with van der Waals surface area (Å²) in [6.07, 6.45) is 4.31. The molecule has 8 heteroatoms. The maximum atomic E-state index is 13.0. The van der Waals surface area contributed by atoms with Crippen molar-refractivity contribution in [2.45, 2.75) is 39.2 Å². The highest BCUT2D eigenvalue weighted by atomic mass is 32.2. The maximum absolute atomic E-state index is 13.0. The number of nitrogens with zero attached hydrogens (tertiary/aromatic N) is 1. The van der Waals surface area contributed by atoms with Crippen LogP contribution in [-0.4, -0.2) is 62.8 Å². The van der Waals surface area contributed by atoms with Gasteiger partial charge in [-0.1, -0.05) is 43.3 Å². The third kappa shape index (κ3) is 10.9. The molecule has 0 aliphatic heterocycles. The van der Waals surface area contributed by atoms with Crippen LogP contribution in [0.4, 0.5) is 0 Å². The van der Waals surface area contributed by atoms with Crippen molar-refractivity contribution in [2.24, 2.45) is 0 Å². The zero-order chi connectivity index (χ0) is 26.9. The van der Waals surface area contributed by atoms with E-state index in [1.807, 2.05) is 55.5 Å². The molecule has 202 valence electrons. The van der Waals surface area contributed by atoms with E-state index in [4.69, 9.17) is 18.9 Å². The van der Waals surface area contributed by atoms with Gasteiger partial charge in [-0.15, -0.1) is 0 Å². The fourth-order valence-electron chi connectivity index (χ4n) is 3.64. The predicted octanol–water partition coefficient (Wildman–Crippen LogP) is 5.27. The molecule has 0 atom stereocenters. The molecule has 7 nitrogen and oxygen atoms in total. The molecule has 2 aromatic rings. The fraction of sp³-hybridized carbons (Fsp3) is 0.448. The van der Waals surface area contributed by atoms with Crippen molar-refractivity contribution in [1.29, 1.82) is 0 Å². The van der Waals surface area contributed by atoms with E-state index >= 15 is 0 Å². The van der Waals surface area contributed by atoms with Crippen molar-refractivity contribution >= 4 is 23.6 Å². The number of benzene rings is 2. The summed E-state index contributed by atoms with van der Waals surface area (Å²) in [6.45, 7) is 3.60. The molecular formula is C29H39NO6S. The number of hydrogen-bond acceptors (Lipinski definition) is 7. The average Bonchev–Trinajstić information content (AvgIpc) is 2.94. The Morgan fingerprint density at radius 1 is 0.946 bits per heavy atom. The Kier molecular flexibility index (Phi) is 14.3. The van der Waals surface area contributed by atoms with Crippen LogP contribution in [0.3, 0.4) is 0 Å². The molecule has 0 N–H and O–H groups in total. The highest BCUT2D eigenvalue weighted by molar-refractivity contribution is 7.99. The summed E-state index contributed by atoms with van der Waals surface area (Å²) in [6, 6.07) is 15.7. The molecule has 2 aromatic carbocycles. The van der Waals surface area contributed by atoms with Gasteiger partial charge in [0.2, 0.25) is 5.91 Å². The third-order valence-electron chi connectivity index (χ3n) is 5.69. The number of hydrogen-bond donors (Lipinski definition) is 0. The van der Waals surface area contributed by atoms with E-state index in [0.29, 0.717) is 55.4 Å². The van der Waals surface area contributed by atoms with Crippen molar-refractivity contribution in [2.75, 3.05) is 46.0 Å². The van der Waals surface area contributed by atoms with Crippen molar-refractivity contribution in [3.63, 3.8) is 0 Å². The minimum Gasteiger partial charge on any atom is -0.493 e. The Morgan fingerprint density at radius 3 is 2.38 bits per heavy atom. The number of thioether (sulfide) groups is 1. The first-order valence-electron chi connectivity index (χ1n) is 12.5. The fourth-order valence-corrected chi connectivity index (χ4v) is 4.19. The van der Waals surface area contributed by atoms with E-state index in [1.54, 1.807) is 37.1 Å². The highest BCUT2D eigenvalue weighted by Gasteiger charge is 2.17. The van der Waals surface area contributed by atoms with Gasteiger partial charge >= 0.3 is 5.97 Å². The van der Waals surface area contributed by atoms with Crippen LogP contribution in [0.25, 0.3) is 0 Å². The van der Waals surface area contributed by atoms with Crippen molar-refractivity contribution in [1.82, 2.24) is 4.90 Å². The molecule has 37 heavy (non-hydrogen) atoms. The van der Waals surface area contributed by atoms with Gasteiger partial charge in [0.05, 0.1) is 39.3 Å². The monoisotopic (exact) mass is 529 g/mol. The number of carbonyl (C=O) groups excluding carboxylic acids is 2. The Labute approximate surface area is 225 Å². The normalized spacial score (nSPS) is 11.2. The van der Waals surface area contributed by atoms with Gasteiger partial charge in [-0.05, 0) is 54.7 Å². The van der Waals surface area contributed by atoms with E-state index in [2.05, 4.69) is 0 Å². The summed E-state index contributed by atoms with van der Waals surface area (Å²) in [5.41, 5.74) is 2.61. The molecule has 1 amide bonds. The van der Waals surface area contributed by atoms with Gasteiger partial charge < -0.3 is 23.8 Å². The number of esters is 1. The molecule has 0 aliphatic rings. The summed E-state index contributed by atoms with van der Waals surface area (Å²) in [5.74, 6) is 2.02. The second-order valence-corrected chi connectivity index (χ2v) is 9.58. The van der Waals surface area contributed by atoms with Crippen LogP contribution in [0, 0.1) is 0 Å². The van der Waals surface area contributed by atoms with Gasteiger partial charge in [0, 0.05) is 19.4 Å². The third-order valence-corrected chi connectivity index (χ3v) is 6.55. The number of ether oxygens (including phenoxy) is 4. The molecule has 0 aliphatic carbocycles. The number of amides is 1. The highest BCUT2D eigenvalue weighted by Crippen LogP contribution is 2.28. The lowest BCUT2D eigenvalue weighted by atomic mass is 10.1. The van der Waals surface area contributed by atoms with E-state index in [0.717, 1.165) is 29.7 Å². The van der Waals surface area contributed by atoms with Gasteiger partial charge in [-0.3, -0.25) is 4.79 Å². The number of rotatable bonds is 17.